The van der Waals surface area contributed by atoms with E-state index in [1.165, 1.54) is 0 Å². The average molecular weight is 261 g/mol. The fourth-order valence-corrected chi connectivity index (χ4v) is 1.26. The molecule has 0 nitrogen and oxygen atoms in total. The van der Waals surface area contributed by atoms with E-state index < -0.39 is 5.67 Å². The van der Waals surface area contributed by atoms with Crippen LogP contribution in [0.1, 0.15) is 38.8 Å². The predicted molar refractivity (Wildman–Crippen MR) is 64.4 cm³/mol. The van der Waals surface area contributed by atoms with Crippen molar-refractivity contribution in [2.24, 2.45) is 0 Å². The standard InChI is InChI=1S/C10H12BrF.C2H6/c1-7-6-8(10(2,3)12)4-5-9(7)11;1-2/h4-6H,1-3H3;1-2H3. The number of hydrogen-bond acceptors (Lipinski definition) is 0. The number of rotatable bonds is 1. The number of aryl methyl sites for hydroxylation is 1. The highest BCUT2D eigenvalue weighted by Gasteiger charge is 2.18. The molecule has 0 aliphatic carbocycles. The molecule has 0 aliphatic heterocycles. The van der Waals surface area contributed by atoms with Crippen LogP contribution in [0.4, 0.5) is 4.39 Å². The lowest BCUT2D eigenvalue weighted by Crippen LogP contribution is -2.08. The van der Waals surface area contributed by atoms with Gasteiger partial charge < -0.3 is 0 Å². The van der Waals surface area contributed by atoms with Crippen molar-refractivity contribution in [2.75, 3.05) is 0 Å². The van der Waals surface area contributed by atoms with Gasteiger partial charge in [-0.1, -0.05) is 41.9 Å². The summed E-state index contributed by atoms with van der Waals surface area (Å²) in [4.78, 5) is 0. The van der Waals surface area contributed by atoms with E-state index in [4.69, 9.17) is 0 Å². The molecule has 0 N–H and O–H groups in total. The Bertz CT molecular complexity index is 287. The molecule has 0 bridgehead atoms. The van der Waals surface area contributed by atoms with Crippen molar-refractivity contribution in [1.29, 1.82) is 0 Å². The molecule has 0 aliphatic rings. The molecule has 0 saturated heterocycles. The van der Waals surface area contributed by atoms with E-state index in [0.717, 1.165) is 15.6 Å². The molecular formula is C12H18BrF. The summed E-state index contributed by atoms with van der Waals surface area (Å²) in [6.07, 6.45) is 0. The van der Waals surface area contributed by atoms with E-state index in [0.29, 0.717) is 0 Å². The van der Waals surface area contributed by atoms with Crippen LogP contribution in [0, 0.1) is 6.92 Å². The Morgan fingerprint density at radius 2 is 1.71 bits per heavy atom. The maximum Gasteiger partial charge on any atom is 0.130 e. The van der Waals surface area contributed by atoms with Gasteiger partial charge in [-0.05, 0) is 38.0 Å². The van der Waals surface area contributed by atoms with Gasteiger partial charge in [-0.3, -0.25) is 0 Å². The molecule has 0 spiro atoms. The van der Waals surface area contributed by atoms with Crippen LogP contribution in [-0.4, -0.2) is 0 Å². The summed E-state index contributed by atoms with van der Waals surface area (Å²) < 4.78 is 14.4. The monoisotopic (exact) mass is 260 g/mol. The number of alkyl halides is 1. The summed E-state index contributed by atoms with van der Waals surface area (Å²) in [5, 5.41) is 0. The van der Waals surface area contributed by atoms with Crippen LogP contribution in [0.15, 0.2) is 22.7 Å². The highest BCUT2D eigenvalue weighted by Crippen LogP contribution is 2.27. The fraction of sp³-hybridized carbons (Fsp3) is 0.500. The summed E-state index contributed by atoms with van der Waals surface area (Å²) >= 11 is 3.37. The van der Waals surface area contributed by atoms with E-state index in [-0.39, 0.29) is 0 Å². The smallest absolute Gasteiger partial charge is 0.130 e. The summed E-state index contributed by atoms with van der Waals surface area (Å²) in [5.41, 5.74) is 0.548. The van der Waals surface area contributed by atoms with E-state index in [1.807, 2.05) is 32.9 Å². The zero-order chi connectivity index (χ0) is 11.4. The molecule has 0 fully saturated rings. The van der Waals surface area contributed by atoms with Gasteiger partial charge in [-0.2, -0.15) is 0 Å². The minimum absolute atomic E-state index is 0.725. The summed E-state index contributed by atoms with van der Waals surface area (Å²) in [5.74, 6) is 0. The molecule has 0 amide bonds. The fourth-order valence-electron chi connectivity index (χ4n) is 1.01. The number of benzene rings is 1. The van der Waals surface area contributed by atoms with Crippen LogP contribution in [0.25, 0.3) is 0 Å². The first-order valence-corrected chi connectivity index (χ1v) is 5.66. The second kappa shape index (κ2) is 5.50. The molecule has 14 heavy (non-hydrogen) atoms. The third kappa shape index (κ3) is 3.79. The predicted octanol–water partition coefficient (Wildman–Crippen LogP) is 4.99. The first kappa shape index (κ1) is 13.6. The van der Waals surface area contributed by atoms with Gasteiger partial charge in [0.1, 0.15) is 5.67 Å². The van der Waals surface area contributed by atoms with Crippen LogP contribution in [0.2, 0.25) is 0 Å². The molecule has 0 atom stereocenters. The van der Waals surface area contributed by atoms with E-state index in [2.05, 4.69) is 15.9 Å². The van der Waals surface area contributed by atoms with Crippen LogP contribution >= 0.6 is 15.9 Å². The minimum Gasteiger partial charge on any atom is -0.239 e. The minimum atomic E-state index is -1.24. The van der Waals surface area contributed by atoms with Gasteiger partial charge >= 0.3 is 0 Å². The van der Waals surface area contributed by atoms with Gasteiger partial charge in [-0.25, -0.2) is 4.39 Å². The molecule has 1 aromatic rings. The third-order valence-electron chi connectivity index (χ3n) is 1.84. The second-order valence-corrected chi connectivity index (χ2v) is 4.29. The molecule has 0 radical (unpaired) electrons. The normalized spacial score (nSPS) is 10.5. The van der Waals surface area contributed by atoms with Crippen LogP contribution in [-0.2, 0) is 5.67 Å². The Morgan fingerprint density at radius 1 is 1.21 bits per heavy atom. The molecule has 2 heteroatoms. The van der Waals surface area contributed by atoms with Gasteiger partial charge in [0.25, 0.3) is 0 Å². The van der Waals surface area contributed by atoms with Gasteiger partial charge in [0.05, 0.1) is 0 Å². The zero-order valence-corrected chi connectivity index (χ0v) is 11.1. The molecule has 0 heterocycles. The Balaban J connectivity index is 0.000000791. The van der Waals surface area contributed by atoms with E-state index in [1.54, 1.807) is 19.9 Å². The van der Waals surface area contributed by atoms with Crippen LogP contribution in [0.3, 0.4) is 0 Å². The average Bonchev–Trinajstić information content (AvgIpc) is 2.11. The quantitative estimate of drug-likeness (QED) is 0.668. The largest absolute Gasteiger partial charge is 0.239 e. The maximum atomic E-state index is 13.4. The lowest BCUT2D eigenvalue weighted by atomic mass is 9.99. The van der Waals surface area contributed by atoms with Crippen LogP contribution < -0.4 is 0 Å². The molecular weight excluding hydrogens is 243 g/mol. The van der Waals surface area contributed by atoms with E-state index in [9.17, 15) is 4.39 Å². The Kier molecular flexibility index (Phi) is 5.35. The zero-order valence-electron chi connectivity index (χ0n) is 9.49. The van der Waals surface area contributed by atoms with Gasteiger partial charge in [0, 0.05) is 4.47 Å². The topological polar surface area (TPSA) is 0 Å². The summed E-state index contributed by atoms with van der Waals surface area (Å²) in [6, 6.07) is 5.55. The molecule has 80 valence electrons. The van der Waals surface area contributed by atoms with Gasteiger partial charge in [0.2, 0.25) is 0 Å². The SMILES string of the molecule is CC.Cc1cc(C(C)(C)F)ccc1Br. The molecule has 1 rings (SSSR count). The summed E-state index contributed by atoms with van der Waals surface area (Å²) in [7, 11) is 0. The highest BCUT2D eigenvalue weighted by molar-refractivity contribution is 9.10. The van der Waals surface area contributed by atoms with Crippen LogP contribution in [0.5, 0.6) is 0 Å². The van der Waals surface area contributed by atoms with E-state index >= 15 is 0 Å². The van der Waals surface area contributed by atoms with Crippen molar-refractivity contribution in [3.05, 3.63) is 33.8 Å². The van der Waals surface area contributed by atoms with Crippen molar-refractivity contribution in [3.8, 4) is 0 Å². The lowest BCUT2D eigenvalue weighted by Gasteiger charge is -2.15. The van der Waals surface area contributed by atoms with Crippen molar-refractivity contribution in [1.82, 2.24) is 0 Å². The number of hydrogen-bond donors (Lipinski definition) is 0. The first-order chi connectivity index (χ1) is 6.41. The van der Waals surface area contributed by atoms with Crippen molar-refractivity contribution in [3.63, 3.8) is 0 Å². The lowest BCUT2D eigenvalue weighted by molar-refractivity contribution is 0.221. The van der Waals surface area contributed by atoms with Crippen molar-refractivity contribution in [2.45, 2.75) is 40.3 Å². The summed E-state index contributed by atoms with van der Waals surface area (Å²) in [6.45, 7) is 9.09. The molecule has 0 unspecified atom stereocenters. The third-order valence-corrected chi connectivity index (χ3v) is 2.73. The van der Waals surface area contributed by atoms with Gasteiger partial charge in [0.15, 0.2) is 0 Å². The number of halogens is 2. The Morgan fingerprint density at radius 3 is 2.07 bits per heavy atom. The maximum absolute atomic E-state index is 13.4. The first-order valence-electron chi connectivity index (χ1n) is 4.87. The molecule has 1 aromatic carbocycles. The van der Waals surface area contributed by atoms with Crippen molar-refractivity contribution < 1.29 is 4.39 Å². The second-order valence-electron chi connectivity index (χ2n) is 3.44. The van der Waals surface area contributed by atoms with Crippen molar-refractivity contribution >= 4 is 15.9 Å². The van der Waals surface area contributed by atoms with Gasteiger partial charge in [-0.15, -0.1) is 0 Å². The molecule has 0 aromatic heterocycles. The Labute approximate surface area is 94.7 Å². The Hall–Kier alpha value is -0.370. The highest BCUT2D eigenvalue weighted by atomic mass is 79.9. The molecule has 0 saturated carbocycles.